The Bertz CT molecular complexity index is 328. The van der Waals surface area contributed by atoms with Gasteiger partial charge in [0.05, 0.1) is 24.5 Å². The highest BCUT2D eigenvalue weighted by atomic mass is 16.5. The number of methoxy groups -OCH3 is 1. The first kappa shape index (κ1) is 11.4. The van der Waals surface area contributed by atoms with Crippen LogP contribution in [0.25, 0.3) is 0 Å². The van der Waals surface area contributed by atoms with Gasteiger partial charge in [-0.15, -0.1) is 0 Å². The molecule has 0 unspecified atom stereocenters. The van der Waals surface area contributed by atoms with Crippen LogP contribution in [0, 0.1) is 0 Å². The predicted octanol–water partition coefficient (Wildman–Crippen LogP) is 2.47. The van der Waals surface area contributed by atoms with E-state index in [0.717, 1.165) is 11.4 Å². The lowest BCUT2D eigenvalue weighted by molar-refractivity contribution is 0.243. The van der Waals surface area contributed by atoms with Crippen molar-refractivity contribution in [2.24, 2.45) is 0 Å². The molecule has 3 heteroatoms. The fourth-order valence-corrected chi connectivity index (χ4v) is 2.57. The van der Waals surface area contributed by atoms with E-state index >= 15 is 0 Å². The van der Waals surface area contributed by atoms with Crippen molar-refractivity contribution < 1.29 is 4.74 Å². The number of rotatable bonds is 3. The fraction of sp³-hybridized carbons (Fsp3) is 0.615. The van der Waals surface area contributed by atoms with Crippen LogP contribution >= 0.6 is 0 Å². The van der Waals surface area contributed by atoms with Gasteiger partial charge < -0.3 is 10.1 Å². The highest BCUT2D eigenvalue weighted by Gasteiger charge is 2.33. The number of aromatic nitrogens is 1. The minimum atomic E-state index is 0.0878. The maximum Gasteiger partial charge on any atom is 0.137 e. The van der Waals surface area contributed by atoms with Gasteiger partial charge in [0.15, 0.2) is 0 Å². The molecule has 0 spiro atoms. The Hall–Kier alpha value is -1.09. The Balaban J connectivity index is 2.24. The van der Waals surface area contributed by atoms with E-state index in [1.807, 2.05) is 19.3 Å². The summed E-state index contributed by atoms with van der Waals surface area (Å²) < 4.78 is 5.14. The van der Waals surface area contributed by atoms with Crippen LogP contribution in [0.1, 0.15) is 37.8 Å². The minimum absolute atomic E-state index is 0.0878. The second kappa shape index (κ2) is 4.83. The summed E-state index contributed by atoms with van der Waals surface area (Å²) in [6.45, 7) is 0. The smallest absolute Gasteiger partial charge is 0.137 e. The second-order valence-electron chi connectivity index (χ2n) is 4.48. The molecular weight excluding hydrogens is 200 g/mol. The third-order valence-electron chi connectivity index (χ3n) is 3.65. The molecule has 1 aliphatic carbocycles. The Morgan fingerprint density at radius 2 is 2.00 bits per heavy atom. The molecule has 0 saturated heterocycles. The molecule has 2 rings (SSSR count). The molecule has 0 radical (unpaired) electrons. The first-order chi connectivity index (χ1) is 7.80. The van der Waals surface area contributed by atoms with Crippen molar-refractivity contribution >= 4 is 0 Å². The van der Waals surface area contributed by atoms with Crippen LogP contribution in [-0.2, 0) is 5.54 Å². The second-order valence-corrected chi connectivity index (χ2v) is 4.48. The zero-order valence-corrected chi connectivity index (χ0v) is 10.1. The van der Waals surface area contributed by atoms with Crippen molar-refractivity contribution in [1.29, 1.82) is 0 Å². The lowest BCUT2D eigenvalue weighted by Gasteiger charge is -2.36. The summed E-state index contributed by atoms with van der Waals surface area (Å²) in [5.74, 6) is 0.825. The lowest BCUT2D eigenvalue weighted by atomic mass is 9.79. The first-order valence-electron chi connectivity index (χ1n) is 6.00. The maximum atomic E-state index is 5.14. The number of hydrogen-bond donors (Lipinski definition) is 1. The molecule has 0 atom stereocenters. The molecular formula is C13H20N2O. The van der Waals surface area contributed by atoms with Crippen molar-refractivity contribution in [3.63, 3.8) is 0 Å². The van der Waals surface area contributed by atoms with Gasteiger partial charge in [-0.3, -0.25) is 4.98 Å². The van der Waals surface area contributed by atoms with E-state index in [1.54, 1.807) is 7.11 Å². The van der Waals surface area contributed by atoms with E-state index in [0.29, 0.717) is 0 Å². The number of nitrogens with one attached hydrogen (secondary N) is 1. The van der Waals surface area contributed by atoms with Crippen LogP contribution in [-0.4, -0.2) is 19.1 Å². The van der Waals surface area contributed by atoms with Gasteiger partial charge in [-0.2, -0.15) is 0 Å². The highest BCUT2D eigenvalue weighted by molar-refractivity contribution is 5.24. The first-order valence-corrected chi connectivity index (χ1v) is 6.00. The maximum absolute atomic E-state index is 5.14. The van der Waals surface area contributed by atoms with Gasteiger partial charge in [-0.25, -0.2) is 0 Å². The van der Waals surface area contributed by atoms with Crippen molar-refractivity contribution in [1.82, 2.24) is 10.3 Å². The Labute approximate surface area is 97.2 Å². The summed E-state index contributed by atoms with van der Waals surface area (Å²) >= 11 is 0. The Kier molecular flexibility index (Phi) is 3.44. The van der Waals surface area contributed by atoms with E-state index in [4.69, 9.17) is 4.74 Å². The number of hydrogen-bond acceptors (Lipinski definition) is 3. The van der Waals surface area contributed by atoms with Gasteiger partial charge in [0, 0.05) is 0 Å². The van der Waals surface area contributed by atoms with Crippen LogP contribution in [0.3, 0.4) is 0 Å². The zero-order chi connectivity index (χ0) is 11.4. The predicted molar refractivity (Wildman–Crippen MR) is 64.6 cm³/mol. The average Bonchev–Trinajstić information content (AvgIpc) is 2.39. The number of pyridine rings is 1. The van der Waals surface area contributed by atoms with Crippen LogP contribution in [0.15, 0.2) is 18.3 Å². The van der Waals surface area contributed by atoms with E-state index in [1.165, 1.54) is 32.1 Å². The van der Waals surface area contributed by atoms with Crippen LogP contribution in [0.5, 0.6) is 5.75 Å². The summed E-state index contributed by atoms with van der Waals surface area (Å²) in [4.78, 5) is 4.53. The molecule has 1 N–H and O–H groups in total. The lowest BCUT2D eigenvalue weighted by Crippen LogP contribution is -2.42. The van der Waals surface area contributed by atoms with E-state index in [9.17, 15) is 0 Å². The molecule has 16 heavy (non-hydrogen) atoms. The molecule has 0 aliphatic heterocycles. The van der Waals surface area contributed by atoms with Gasteiger partial charge >= 0.3 is 0 Å². The summed E-state index contributed by atoms with van der Waals surface area (Å²) in [5.41, 5.74) is 1.24. The van der Waals surface area contributed by atoms with Crippen molar-refractivity contribution in [3.05, 3.63) is 24.0 Å². The molecule has 3 nitrogen and oxygen atoms in total. The summed E-state index contributed by atoms with van der Waals surface area (Å²) in [7, 11) is 3.71. The number of ether oxygens (including phenoxy) is 1. The van der Waals surface area contributed by atoms with Gasteiger partial charge in [0.25, 0.3) is 0 Å². The molecule has 1 fully saturated rings. The van der Waals surface area contributed by atoms with Crippen LogP contribution < -0.4 is 10.1 Å². The Morgan fingerprint density at radius 1 is 1.25 bits per heavy atom. The quantitative estimate of drug-likeness (QED) is 0.849. The van der Waals surface area contributed by atoms with Gasteiger partial charge in [0.1, 0.15) is 5.75 Å². The third-order valence-corrected chi connectivity index (χ3v) is 3.65. The Morgan fingerprint density at radius 3 is 2.50 bits per heavy atom. The minimum Gasteiger partial charge on any atom is -0.495 e. The van der Waals surface area contributed by atoms with E-state index in [-0.39, 0.29) is 5.54 Å². The summed E-state index contributed by atoms with van der Waals surface area (Å²) in [5, 5.41) is 3.47. The molecule has 88 valence electrons. The molecule has 1 saturated carbocycles. The normalized spacial score (nSPS) is 19.4. The third kappa shape index (κ3) is 2.05. The van der Waals surface area contributed by atoms with Crippen LogP contribution in [0.2, 0.25) is 0 Å². The van der Waals surface area contributed by atoms with Crippen molar-refractivity contribution in [2.75, 3.05) is 14.2 Å². The van der Waals surface area contributed by atoms with Crippen molar-refractivity contribution in [2.45, 2.75) is 37.6 Å². The molecule has 0 aromatic carbocycles. The molecule has 1 heterocycles. The van der Waals surface area contributed by atoms with E-state index < -0.39 is 0 Å². The largest absolute Gasteiger partial charge is 0.495 e. The monoisotopic (exact) mass is 220 g/mol. The topological polar surface area (TPSA) is 34.1 Å². The summed E-state index contributed by atoms with van der Waals surface area (Å²) in [6, 6.07) is 4.08. The van der Waals surface area contributed by atoms with E-state index in [2.05, 4.69) is 16.4 Å². The van der Waals surface area contributed by atoms with Crippen molar-refractivity contribution in [3.8, 4) is 5.75 Å². The average molecular weight is 220 g/mol. The zero-order valence-electron chi connectivity index (χ0n) is 10.1. The molecule has 1 aromatic rings. The summed E-state index contributed by atoms with van der Waals surface area (Å²) in [6.07, 6.45) is 8.09. The molecule has 0 amide bonds. The number of nitrogens with zero attached hydrogens (tertiary/aromatic N) is 1. The van der Waals surface area contributed by atoms with Gasteiger partial charge in [-0.05, 0) is 32.0 Å². The molecule has 1 aliphatic rings. The van der Waals surface area contributed by atoms with Gasteiger partial charge in [-0.1, -0.05) is 19.3 Å². The molecule has 0 bridgehead atoms. The van der Waals surface area contributed by atoms with Gasteiger partial charge in [0.2, 0.25) is 0 Å². The highest BCUT2D eigenvalue weighted by Crippen LogP contribution is 2.35. The standard InChI is InChI=1S/C13H20N2O/c1-14-13(8-4-3-5-9-13)12-7-6-11(16-2)10-15-12/h6-7,10,14H,3-5,8-9H2,1-2H3. The fourth-order valence-electron chi connectivity index (χ4n) is 2.57. The SMILES string of the molecule is CNC1(c2ccc(OC)cn2)CCCCC1. The van der Waals surface area contributed by atoms with Crippen LogP contribution in [0.4, 0.5) is 0 Å². The molecule has 1 aromatic heterocycles.